The van der Waals surface area contributed by atoms with Crippen molar-refractivity contribution in [3.05, 3.63) is 47.1 Å². The van der Waals surface area contributed by atoms with Crippen LogP contribution in [0.15, 0.2) is 41.5 Å². The van der Waals surface area contributed by atoms with Gasteiger partial charge in [-0.05, 0) is 80.1 Å². The van der Waals surface area contributed by atoms with Crippen LogP contribution in [0.25, 0.3) is 11.3 Å². The van der Waals surface area contributed by atoms with E-state index in [-0.39, 0.29) is 0 Å². The van der Waals surface area contributed by atoms with E-state index in [1.807, 2.05) is 0 Å². The quantitative estimate of drug-likeness (QED) is 0.437. The summed E-state index contributed by atoms with van der Waals surface area (Å²) in [5.41, 5.74) is 3.91. The van der Waals surface area contributed by atoms with Crippen LogP contribution in [-0.2, 0) is 0 Å². The first kappa shape index (κ1) is 16.9. The van der Waals surface area contributed by atoms with Crippen molar-refractivity contribution in [1.29, 1.82) is 0 Å². The van der Waals surface area contributed by atoms with Gasteiger partial charge in [0.15, 0.2) is 0 Å². The van der Waals surface area contributed by atoms with Crippen molar-refractivity contribution in [1.82, 2.24) is 4.98 Å². The summed E-state index contributed by atoms with van der Waals surface area (Å²) in [6.07, 6.45) is 10.1. The van der Waals surface area contributed by atoms with Crippen molar-refractivity contribution in [2.24, 2.45) is 16.8 Å². The average Bonchev–Trinajstić information content (AvgIpc) is 3.48. The van der Waals surface area contributed by atoms with Crippen molar-refractivity contribution >= 4 is 34.7 Å². The van der Waals surface area contributed by atoms with Crippen molar-refractivity contribution in [2.45, 2.75) is 44.4 Å². The molecule has 1 heterocycles. The number of halogens is 1. The van der Waals surface area contributed by atoms with E-state index in [1.54, 1.807) is 12.3 Å². The van der Waals surface area contributed by atoms with Gasteiger partial charge in [-0.2, -0.15) is 4.99 Å². The molecule has 128 valence electrons. The highest BCUT2D eigenvalue weighted by Gasteiger charge is 2.34. The summed E-state index contributed by atoms with van der Waals surface area (Å²) in [5.74, 6) is 2.78. The van der Waals surface area contributed by atoms with Gasteiger partial charge in [0.2, 0.25) is 0 Å². The number of nitrogens with zero attached hydrogens (tertiary/aromatic N) is 2. The maximum atomic E-state index is 6.36. The molecule has 1 aromatic heterocycles. The minimum absolute atomic E-state index is 0.587. The summed E-state index contributed by atoms with van der Waals surface area (Å²) in [7, 11) is 0. The van der Waals surface area contributed by atoms with Gasteiger partial charge >= 0.3 is 0 Å². The molecule has 2 aliphatic rings. The Balaban J connectivity index is 1.47. The maximum absolute atomic E-state index is 6.36. The van der Waals surface area contributed by atoms with Gasteiger partial charge in [0.25, 0.3) is 0 Å². The SMILES string of the molecule is S=C=Nc1cnc(-c2ccc(C3CCC(C4CC4)CC3)cc2)c(Cl)c1. The fraction of sp³-hybridized carbons (Fsp3) is 0.429. The topological polar surface area (TPSA) is 25.2 Å². The minimum Gasteiger partial charge on any atom is -0.252 e. The van der Waals surface area contributed by atoms with Crippen molar-refractivity contribution in [3.8, 4) is 11.3 Å². The molecular formula is C21H21ClN2S. The number of hydrogen-bond acceptors (Lipinski definition) is 3. The molecule has 0 amide bonds. The largest absolute Gasteiger partial charge is 0.252 e. The van der Waals surface area contributed by atoms with Crippen LogP contribution >= 0.6 is 23.8 Å². The monoisotopic (exact) mass is 368 g/mol. The van der Waals surface area contributed by atoms with Gasteiger partial charge < -0.3 is 0 Å². The van der Waals surface area contributed by atoms with Crippen LogP contribution in [0.3, 0.4) is 0 Å². The summed E-state index contributed by atoms with van der Waals surface area (Å²) >= 11 is 11.0. The predicted molar refractivity (Wildman–Crippen MR) is 107 cm³/mol. The lowest BCUT2D eigenvalue weighted by Gasteiger charge is -2.29. The van der Waals surface area contributed by atoms with Crippen LogP contribution in [0.4, 0.5) is 5.69 Å². The van der Waals surface area contributed by atoms with Crippen molar-refractivity contribution in [2.75, 3.05) is 0 Å². The number of thiocarbonyl (C=S) groups is 1. The minimum atomic E-state index is 0.587. The Morgan fingerprint density at radius 1 is 1.00 bits per heavy atom. The number of hydrogen-bond donors (Lipinski definition) is 0. The first-order valence-electron chi connectivity index (χ1n) is 9.08. The fourth-order valence-corrected chi connectivity index (χ4v) is 4.53. The Morgan fingerprint density at radius 3 is 2.20 bits per heavy atom. The third kappa shape index (κ3) is 3.84. The maximum Gasteiger partial charge on any atom is 0.0937 e. The smallest absolute Gasteiger partial charge is 0.0937 e. The lowest BCUT2D eigenvalue weighted by atomic mass is 9.77. The number of benzene rings is 1. The first-order chi connectivity index (χ1) is 12.2. The summed E-state index contributed by atoms with van der Waals surface area (Å²) in [6.45, 7) is 0. The normalized spacial score (nSPS) is 23.1. The molecule has 0 radical (unpaired) electrons. The molecule has 0 spiro atoms. The number of pyridine rings is 1. The number of aliphatic imine (C=N–C) groups is 1. The summed E-state index contributed by atoms with van der Waals surface area (Å²) in [5, 5.41) is 2.92. The Labute approximate surface area is 159 Å². The fourth-order valence-electron chi connectivity index (χ4n) is 4.16. The molecule has 0 bridgehead atoms. The second-order valence-corrected chi connectivity index (χ2v) is 7.89. The molecule has 2 saturated carbocycles. The standard InChI is InChI=1S/C21H21ClN2S/c22-20-11-19(24-13-25)12-23-21(20)18-9-7-17(8-10-18)16-5-3-15(4-6-16)14-1-2-14/h7-12,14-16H,1-6H2. The van der Waals surface area contributed by atoms with Crippen LogP contribution < -0.4 is 0 Å². The second-order valence-electron chi connectivity index (χ2n) is 7.30. The summed E-state index contributed by atoms with van der Waals surface area (Å²) in [6, 6.07) is 10.5. The highest BCUT2D eigenvalue weighted by Crippen LogP contribution is 2.47. The Morgan fingerprint density at radius 2 is 1.64 bits per heavy atom. The molecule has 0 N–H and O–H groups in total. The molecule has 25 heavy (non-hydrogen) atoms. The molecule has 2 aromatic rings. The molecule has 4 rings (SSSR count). The molecule has 2 fully saturated rings. The summed E-state index contributed by atoms with van der Waals surface area (Å²) in [4.78, 5) is 8.35. The van der Waals surface area contributed by atoms with Gasteiger partial charge in [-0.15, -0.1) is 0 Å². The first-order valence-corrected chi connectivity index (χ1v) is 9.87. The van der Waals surface area contributed by atoms with E-state index in [0.29, 0.717) is 16.6 Å². The number of isothiocyanates is 1. The summed E-state index contributed by atoms with van der Waals surface area (Å²) < 4.78 is 0. The number of rotatable bonds is 4. The van der Waals surface area contributed by atoms with E-state index in [9.17, 15) is 0 Å². The van der Waals surface area contributed by atoms with E-state index in [2.05, 4.69) is 51.6 Å². The van der Waals surface area contributed by atoms with E-state index in [4.69, 9.17) is 11.6 Å². The lowest BCUT2D eigenvalue weighted by Crippen LogP contribution is -2.14. The van der Waals surface area contributed by atoms with E-state index in [1.165, 1.54) is 44.1 Å². The van der Waals surface area contributed by atoms with E-state index >= 15 is 0 Å². The van der Waals surface area contributed by atoms with Crippen molar-refractivity contribution in [3.63, 3.8) is 0 Å². The van der Waals surface area contributed by atoms with E-state index < -0.39 is 0 Å². The van der Waals surface area contributed by atoms with Gasteiger partial charge in [-0.3, -0.25) is 4.98 Å². The Bertz CT molecular complexity index is 799. The molecule has 0 aliphatic heterocycles. The van der Waals surface area contributed by atoms with Crippen LogP contribution in [-0.4, -0.2) is 10.1 Å². The molecule has 2 aliphatic carbocycles. The van der Waals surface area contributed by atoms with Gasteiger partial charge in [-0.1, -0.05) is 35.9 Å². The molecule has 1 aromatic carbocycles. The zero-order chi connectivity index (χ0) is 17.2. The lowest BCUT2D eigenvalue weighted by molar-refractivity contribution is 0.296. The van der Waals surface area contributed by atoms with Gasteiger partial charge in [0, 0.05) is 5.56 Å². The van der Waals surface area contributed by atoms with Crippen LogP contribution in [0.1, 0.15) is 50.0 Å². The number of aromatic nitrogens is 1. The predicted octanol–water partition coefficient (Wildman–Crippen LogP) is 6.82. The second kappa shape index (κ2) is 7.37. The zero-order valence-electron chi connectivity index (χ0n) is 14.1. The molecule has 0 saturated heterocycles. The van der Waals surface area contributed by atoms with Gasteiger partial charge in [0.05, 0.1) is 27.8 Å². The van der Waals surface area contributed by atoms with Crippen molar-refractivity contribution < 1.29 is 0 Å². The Kier molecular flexibility index (Phi) is 4.98. The highest BCUT2D eigenvalue weighted by molar-refractivity contribution is 7.78. The van der Waals surface area contributed by atoms with Gasteiger partial charge in [-0.25, -0.2) is 0 Å². The highest BCUT2D eigenvalue weighted by atomic mass is 35.5. The van der Waals surface area contributed by atoms with Crippen LogP contribution in [0.5, 0.6) is 0 Å². The van der Waals surface area contributed by atoms with E-state index in [0.717, 1.165) is 23.1 Å². The zero-order valence-corrected chi connectivity index (χ0v) is 15.7. The molecule has 0 atom stereocenters. The van der Waals surface area contributed by atoms with Crippen LogP contribution in [0.2, 0.25) is 5.02 Å². The third-order valence-electron chi connectivity index (χ3n) is 5.72. The van der Waals surface area contributed by atoms with Gasteiger partial charge in [0.1, 0.15) is 0 Å². The third-order valence-corrected chi connectivity index (χ3v) is 6.10. The van der Waals surface area contributed by atoms with Crippen LogP contribution in [0, 0.1) is 11.8 Å². The molecule has 0 unspecified atom stereocenters. The average molecular weight is 369 g/mol. The molecule has 4 heteroatoms. The Hall–Kier alpha value is -1.54. The molecule has 2 nitrogen and oxygen atoms in total. The molecular weight excluding hydrogens is 348 g/mol.